The molecule has 0 heteroatoms. The van der Waals surface area contributed by atoms with Crippen LogP contribution >= 0.6 is 0 Å². The van der Waals surface area contributed by atoms with E-state index in [1.165, 1.54) is 22.3 Å². The van der Waals surface area contributed by atoms with E-state index in [1.54, 1.807) is 11.1 Å². The van der Waals surface area contributed by atoms with E-state index in [2.05, 4.69) is 121 Å². The maximum absolute atomic E-state index is 2.31. The minimum absolute atomic E-state index is 0.533. The first-order chi connectivity index (χ1) is 14.9. The van der Waals surface area contributed by atoms with Crippen LogP contribution in [0.4, 0.5) is 0 Å². The van der Waals surface area contributed by atoms with Crippen LogP contribution in [0.15, 0.2) is 121 Å². The normalized spacial score (nSPS) is 22.7. The molecule has 0 radical (unpaired) electrons. The average molecular weight is 385 g/mol. The van der Waals surface area contributed by atoms with Gasteiger partial charge >= 0.3 is 0 Å². The van der Waals surface area contributed by atoms with E-state index >= 15 is 0 Å². The van der Waals surface area contributed by atoms with E-state index in [1.807, 2.05) is 0 Å². The highest BCUT2D eigenvalue weighted by molar-refractivity contribution is 6.11. The third-order valence-corrected chi connectivity index (χ3v) is 6.83. The Bertz CT molecular complexity index is 1080. The number of rotatable bonds is 5. The standard InChI is InChI=1S/C30H24/c1-5-13-21(14-6-1)25-26(22-15-7-2-8-16-22)29(25)30-27(23-17-9-3-10-18-23)28(30)24-19-11-4-12-20-24/h1-20,25-26,29-30H. The van der Waals surface area contributed by atoms with Gasteiger partial charge in [0, 0.05) is 5.92 Å². The topological polar surface area (TPSA) is 0 Å². The van der Waals surface area contributed by atoms with Crippen molar-refractivity contribution in [1.82, 2.24) is 0 Å². The van der Waals surface area contributed by atoms with Gasteiger partial charge in [0.2, 0.25) is 0 Å². The lowest BCUT2D eigenvalue weighted by Crippen LogP contribution is -1.92. The second-order valence-electron chi connectivity index (χ2n) is 8.49. The van der Waals surface area contributed by atoms with Crippen molar-refractivity contribution >= 4 is 11.1 Å². The zero-order valence-corrected chi connectivity index (χ0v) is 16.9. The lowest BCUT2D eigenvalue weighted by Gasteiger charge is -2.03. The fourth-order valence-electron chi connectivity index (χ4n) is 5.49. The molecule has 6 rings (SSSR count). The highest BCUT2D eigenvalue weighted by Crippen LogP contribution is 2.73. The van der Waals surface area contributed by atoms with E-state index in [0.29, 0.717) is 23.7 Å². The Balaban J connectivity index is 1.42. The van der Waals surface area contributed by atoms with E-state index in [4.69, 9.17) is 0 Å². The number of hydrogen-bond donors (Lipinski definition) is 0. The third kappa shape index (κ3) is 2.92. The molecule has 0 heterocycles. The van der Waals surface area contributed by atoms with Gasteiger partial charge in [0.05, 0.1) is 0 Å². The van der Waals surface area contributed by atoms with Gasteiger partial charge in [-0.1, -0.05) is 121 Å². The molecule has 2 atom stereocenters. The molecule has 0 bridgehead atoms. The lowest BCUT2D eigenvalue weighted by atomic mass is 10.00. The van der Waals surface area contributed by atoms with Crippen molar-refractivity contribution < 1.29 is 0 Å². The van der Waals surface area contributed by atoms with Crippen molar-refractivity contribution in [2.75, 3.05) is 0 Å². The predicted octanol–water partition coefficient (Wildman–Crippen LogP) is 7.42. The molecule has 0 saturated heterocycles. The second-order valence-corrected chi connectivity index (χ2v) is 8.49. The summed E-state index contributed by atoms with van der Waals surface area (Å²) in [4.78, 5) is 0. The van der Waals surface area contributed by atoms with E-state index in [-0.39, 0.29) is 0 Å². The Morgan fingerprint density at radius 3 is 1.07 bits per heavy atom. The first kappa shape index (κ1) is 17.5. The Morgan fingerprint density at radius 2 is 0.700 bits per heavy atom. The highest BCUT2D eigenvalue weighted by Gasteiger charge is 2.61. The van der Waals surface area contributed by atoms with Crippen LogP contribution in [0, 0.1) is 11.8 Å². The third-order valence-electron chi connectivity index (χ3n) is 6.83. The van der Waals surface area contributed by atoms with Gasteiger partial charge in [-0.25, -0.2) is 0 Å². The van der Waals surface area contributed by atoms with Gasteiger partial charge in [-0.2, -0.15) is 0 Å². The van der Waals surface area contributed by atoms with Crippen LogP contribution in [0.1, 0.15) is 34.1 Å². The summed E-state index contributed by atoms with van der Waals surface area (Å²) in [6.07, 6.45) is 0. The second kappa shape index (κ2) is 7.15. The summed E-state index contributed by atoms with van der Waals surface area (Å²) >= 11 is 0. The van der Waals surface area contributed by atoms with Gasteiger partial charge in [0.15, 0.2) is 0 Å². The molecule has 144 valence electrons. The monoisotopic (exact) mass is 384 g/mol. The van der Waals surface area contributed by atoms with Gasteiger partial charge in [-0.3, -0.25) is 0 Å². The molecule has 4 aromatic carbocycles. The maximum atomic E-state index is 2.31. The molecule has 30 heavy (non-hydrogen) atoms. The molecule has 0 amide bonds. The average Bonchev–Trinajstić information content (AvgIpc) is 3.73. The van der Waals surface area contributed by atoms with Crippen molar-refractivity contribution in [3.8, 4) is 0 Å². The fourth-order valence-corrected chi connectivity index (χ4v) is 5.49. The van der Waals surface area contributed by atoms with Gasteiger partial charge in [0.1, 0.15) is 0 Å². The minimum Gasteiger partial charge on any atom is -0.0622 e. The SMILES string of the molecule is c1ccc(C2=C(c3ccccc3)C2C2C(c3ccccc3)C2c2ccccc2)cc1. The number of benzene rings is 4. The van der Waals surface area contributed by atoms with E-state index in [0.717, 1.165) is 0 Å². The lowest BCUT2D eigenvalue weighted by molar-refractivity contribution is 0.740. The maximum Gasteiger partial charge on any atom is 0.0148 e. The van der Waals surface area contributed by atoms with Crippen LogP contribution in [0.5, 0.6) is 0 Å². The largest absolute Gasteiger partial charge is 0.0622 e. The van der Waals surface area contributed by atoms with E-state index < -0.39 is 0 Å². The highest BCUT2D eigenvalue weighted by atomic mass is 14.6. The van der Waals surface area contributed by atoms with Crippen LogP contribution in [-0.2, 0) is 0 Å². The van der Waals surface area contributed by atoms with E-state index in [9.17, 15) is 0 Å². The van der Waals surface area contributed by atoms with Crippen molar-refractivity contribution in [2.24, 2.45) is 11.8 Å². The van der Waals surface area contributed by atoms with Crippen LogP contribution < -0.4 is 0 Å². The van der Waals surface area contributed by atoms with Gasteiger partial charge in [0.25, 0.3) is 0 Å². The summed E-state index contributed by atoms with van der Waals surface area (Å²) in [7, 11) is 0. The molecule has 0 N–H and O–H groups in total. The molecule has 1 saturated carbocycles. The molecule has 2 aliphatic carbocycles. The van der Waals surface area contributed by atoms with Crippen LogP contribution in [0.2, 0.25) is 0 Å². The first-order valence-electron chi connectivity index (χ1n) is 10.9. The number of hydrogen-bond acceptors (Lipinski definition) is 0. The molecule has 0 nitrogen and oxygen atoms in total. The molecule has 0 aromatic heterocycles. The molecule has 2 aliphatic rings. The van der Waals surface area contributed by atoms with Crippen LogP contribution in [0.3, 0.4) is 0 Å². The van der Waals surface area contributed by atoms with Crippen molar-refractivity contribution in [1.29, 1.82) is 0 Å². The molecular weight excluding hydrogens is 360 g/mol. The Kier molecular flexibility index (Phi) is 4.16. The molecule has 0 spiro atoms. The Morgan fingerprint density at radius 1 is 0.367 bits per heavy atom. The molecule has 0 aliphatic heterocycles. The van der Waals surface area contributed by atoms with Crippen LogP contribution in [-0.4, -0.2) is 0 Å². The Labute approximate surface area is 178 Å². The van der Waals surface area contributed by atoms with Gasteiger partial charge in [-0.15, -0.1) is 0 Å². The van der Waals surface area contributed by atoms with Gasteiger partial charge < -0.3 is 0 Å². The van der Waals surface area contributed by atoms with Crippen molar-refractivity contribution in [3.05, 3.63) is 144 Å². The predicted molar refractivity (Wildman–Crippen MR) is 125 cm³/mol. The summed E-state index contributed by atoms with van der Waals surface area (Å²) in [6.45, 7) is 0. The molecular formula is C30H24. The zero-order chi connectivity index (χ0) is 19.9. The summed E-state index contributed by atoms with van der Waals surface area (Å²) in [5, 5.41) is 0. The van der Waals surface area contributed by atoms with Crippen molar-refractivity contribution in [3.63, 3.8) is 0 Å². The Hall–Kier alpha value is -3.38. The minimum atomic E-state index is 0.533. The molecule has 2 unspecified atom stereocenters. The van der Waals surface area contributed by atoms with Crippen molar-refractivity contribution in [2.45, 2.75) is 11.8 Å². The summed E-state index contributed by atoms with van der Waals surface area (Å²) in [6, 6.07) is 44.2. The summed E-state index contributed by atoms with van der Waals surface area (Å²) in [5.74, 6) is 2.32. The summed E-state index contributed by atoms with van der Waals surface area (Å²) < 4.78 is 0. The van der Waals surface area contributed by atoms with Crippen LogP contribution in [0.25, 0.3) is 11.1 Å². The van der Waals surface area contributed by atoms with Gasteiger partial charge in [-0.05, 0) is 51.2 Å². The quantitative estimate of drug-likeness (QED) is 0.336. The smallest absolute Gasteiger partial charge is 0.0148 e. The fraction of sp³-hybridized carbons (Fsp3) is 0.133. The zero-order valence-electron chi connectivity index (χ0n) is 16.9. The number of allylic oxidation sites excluding steroid dienone is 2. The molecule has 1 fully saturated rings. The summed E-state index contributed by atoms with van der Waals surface area (Å²) in [5.41, 5.74) is 8.81. The molecule has 4 aromatic rings. The first-order valence-corrected chi connectivity index (χ1v) is 10.9.